The summed E-state index contributed by atoms with van der Waals surface area (Å²) in [7, 11) is 0. The van der Waals surface area contributed by atoms with Crippen molar-refractivity contribution in [3.8, 4) is 0 Å². The fourth-order valence-electron chi connectivity index (χ4n) is 2.43. The van der Waals surface area contributed by atoms with Crippen LogP contribution < -0.4 is 10.6 Å². The quantitative estimate of drug-likeness (QED) is 0.520. The third-order valence-electron chi connectivity index (χ3n) is 3.72. The van der Waals surface area contributed by atoms with Crippen LogP contribution in [-0.4, -0.2) is 38.9 Å². The van der Waals surface area contributed by atoms with E-state index < -0.39 is 0 Å². The van der Waals surface area contributed by atoms with Crippen LogP contribution in [0.25, 0.3) is 0 Å². The van der Waals surface area contributed by atoms with Crippen molar-refractivity contribution in [2.75, 3.05) is 17.6 Å². The molecule has 7 nitrogen and oxygen atoms in total. The number of aromatic nitrogens is 3. The first-order valence-corrected chi connectivity index (χ1v) is 9.74. The zero-order valence-electron chi connectivity index (χ0n) is 15.4. The molecule has 0 spiro atoms. The smallest absolute Gasteiger partial charge is 0.251 e. The molecule has 26 heavy (non-hydrogen) atoms. The van der Waals surface area contributed by atoms with E-state index in [1.807, 2.05) is 18.4 Å². The molecule has 0 aliphatic rings. The number of hydrogen-bond acceptors (Lipinski definition) is 5. The van der Waals surface area contributed by atoms with Crippen LogP contribution in [0.5, 0.6) is 0 Å². The Morgan fingerprint density at radius 2 is 2.04 bits per heavy atom. The molecular formula is C18H25N5O2S. The monoisotopic (exact) mass is 375 g/mol. The molecule has 0 aliphatic carbocycles. The first kappa shape index (κ1) is 20.0. The molecular weight excluding hydrogens is 350 g/mol. The summed E-state index contributed by atoms with van der Waals surface area (Å²) in [5.41, 5.74) is 1.16. The molecule has 1 aromatic carbocycles. The molecule has 140 valence electrons. The fraction of sp³-hybridized carbons (Fsp3) is 0.444. The van der Waals surface area contributed by atoms with Gasteiger partial charge in [-0.1, -0.05) is 24.8 Å². The van der Waals surface area contributed by atoms with Crippen molar-refractivity contribution in [3.63, 3.8) is 0 Å². The van der Waals surface area contributed by atoms with Gasteiger partial charge >= 0.3 is 0 Å². The van der Waals surface area contributed by atoms with Gasteiger partial charge in [-0.05, 0) is 38.5 Å². The Morgan fingerprint density at radius 3 is 2.77 bits per heavy atom. The number of rotatable bonds is 9. The number of hydrogen-bond donors (Lipinski definition) is 2. The van der Waals surface area contributed by atoms with Gasteiger partial charge in [0.15, 0.2) is 5.16 Å². The van der Waals surface area contributed by atoms with Crippen molar-refractivity contribution in [3.05, 3.63) is 35.7 Å². The highest BCUT2D eigenvalue weighted by Gasteiger charge is 2.09. The molecule has 0 aliphatic heterocycles. The lowest BCUT2D eigenvalue weighted by Crippen LogP contribution is -2.26. The van der Waals surface area contributed by atoms with Crippen molar-refractivity contribution < 1.29 is 9.59 Å². The van der Waals surface area contributed by atoms with E-state index in [4.69, 9.17) is 0 Å². The number of nitrogens with one attached hydrogen (secondary N) is 2. The summed E-state index contributed by atoms with van der Waals surface area (Å²) >= 11 is 1.56. The molecule has 2 rings (SSSR count). The average Bonchev–Trinajstić information content (AvgIpc) is 2.98. The van der Waals surface area contributed by atoms with E-state index in [9.17, 15) is 9.59 Å². The lowest BCUT2D eigenvalue weighted by Gasteiger charge is -2.08. The molecule has 0 saturated heterocycles. The summed E-state index contributed by atoms with van der Waals surface area (Å²) in [6.45, 7) is 7.27. The third kappa shape index (κ3) is 5.59. The lowest BCUT2D eigenvalue weighted by molar-refractivity contribution is -0.116. The number of amides is 2. The molecule has 1 heterocycles. The van der Waals surface area contributed by atoms with E-state index in [1.54, 1.807) is 36.0 Å². The second-order valence-corrected chi connectivity index (χ2v) is 6.82. The number of benzene rings is 1. The normalized spacial score (nSPS) is 10.6. The van der Waals surface area contributed by atoms with E-state index in [0.717, 1.165) is 23.9 Å². The predicted octanol–water partition coefficient (Wildman–Crippen LogP) is 2.87. The fourth-order valence-corrected chi connectivity index (χ4v) is 3.33. The van der Waals surface area contributed by atoms with Gasteiger partial charge in [0.2, 0.25) is 5.91 Å². The van der Waals surface area contributed by atoms with Gasteiger partial charge in [-0.15, -0.1) is 10.2 Å². The lowest BCUT2D eigenvalue weighted by atomic mass is 10.2. The number of carbonyl (C=O) groups excluding carboxylic acids is 2. The Balaban J connectivity index is 1.83. The van der Waals surface area contributed by atoms with Crippen molar-refractivity contribution in [1.29, 1.82) is 0 Å². The van der Waals surface area contributed by atoms with Gasteiger partial charge in [0, 0.05) is 36.5 Å². The van der Waals surface area contributed by atoms with E-state index in [-0.39, 0.29) is 11.8 Å². The molecule has 0 radical (unpaired) electrons. The SMILES string of the molecule is CCCC(=O)Nc1cccc(C(=O)NCCSc2nnc(C)n2CC)c1. The highest BCUT2D eigenvalue weighted by molar-refractivity contribution is 7.99. The van der Waals surface area contributed by atoms with E-state index >= 15 is 0 Å². The Bertz CT molecular complexity index is 760. The minimum absolute atomic E-state index is 0.0446. The first-order valence-electron chi connectivity index (χ1n) is 8.75. The Hall–Kier alpha value is -2.35. The number of carbonyl (C=O) groups is 2. The maximum absolute atomic E-state index is 12.3. The molecule has 2 amide bonds. The van der Waals surface area contributed by atoms with Crippen LogP contribution >= 0.6 is 11.8 Å². The van der Waals surface area contributed by atoms with Crippen LogP contribution in [0.2, 0.25) is 0 Å². The number of aryl methyl sites for hydroxylation is 1. The van der Waals surface area contributed by atoms with Crippen molar-refractivity contribution >= 4 is 29.3 Å². The van der Waals surface area contributed by atoms with E-state index in [0.29, 0.717) is 30.0 Å². The number of anilines is 1. The molecule has 0 unspecified atom stereocenters. The summed E-state index contributed by atoms with van der Waals surface area (Å²) in [6.07, 6.45) is 1.25. The maximum Gasteiger partial charge on any atom is 0.251 e. The van der Waals surface area contributed by atoms with Gasteiger partial charge in [0.05, 0.1) is 0 Å². The maximum atomic E-state index is 12.3. The molecule has 8 heteroatoms. The van der Waals surface area contributed by atoms with Gasteiger partial charge in [-0.25, -0.2) is 0 Å². The first-order chi connectivity index (χ1) is 12.5. The van der Waals surface area contributed by atoms with Crippen molar-refractivity contribution in [2.45, 2.75) is 45.3 Å². The van der Waals surface area contributed by atoms with Crippen LogP contribution in [0.1, 0.15) is 42.9 Å². The molecule has 2 aromatic rings. The minimum atomic E-state index is -0.162. The summed E-state index contributed by atoms with van der Waals surface area (Å²) in [5.74, 6) is 1.39. The molecule has 0 bridgehead atoms. The molecule has 0 saturated carbocycles. The van der Waals surface area contributed by atoms with Crippen molar-refractivity contribution in [1.82, 2.24) is 20.1 Å². The standard InChI is InChI=1S/C18H25N5O2S/c1-4-7-16(24)20-15-9-6-8-14(12-15)17(25)19-10-11-26-18-22-21-13(3)23(18)5-2/h6,8-9,12H,4-5,7,10-11H2,1-3H3,(H,19,25)(H,20,24). The molecule has 0 fully saturated rings. The van der Waals surface area contributed by atoms with Gasteiger partial charge in [0.25, 0.3) is 5.91 Å². The molecule has 2 N–H and O–H groups in total. The number of nitrogens with zero attached hydrogens (tertiary/aromatic N) is 3. The van der Waals surface area contributed by atoms with Crippen molar-refractivity contribution in [2.24, 2.45) is 0 Å². The highest BCUT2D eigenvalue weighted by Crippen LogP contribution is 2.16. The average molecular weight is 375 g/mol. The predicted molar refractivity (Wildman–Crippen MR) is 103 cm³/mol. The van der Waals surface area contributed by atoms with Crippen LogP contribution in [0.15, 0.2) is 29.4 Å². The topological polar surface area (TPSA) is 88.9 Å². The second-order valence-electron chi connectivity index (χ2n) is 5.76. The molecule has 0 atom stereocenters. The van der Waals surface area contributed by atoms with Gasteiger partial charge in [-0.2, -0.15) is 0 Å². The van der Waals surface area contributed by atoms with Crippen LogP contribution in [0.3, 0.4) is 0 Å². The zero-order chi connectivity index (χ0) is 18.9. The van der Waals surface area contributed by atoms with Crippen LogP contribution in [0, 0.1) is 6.92 Å². The van der Waals surface area contributed by atoms with Gasteiger partial charge in [0.1, 0.15) is 5.82 Å². The summed E-state index contributed by atoms with van der Waals surface area (Å²) < 4.78 is 2.04. The number of thioether (sulfide) groups is 1. The third-order valence-corrected chi connectivity index (χ3v) is 4.69. The van der Waals surface area contributed by atoms with E-state index in [2.05, 4.69) is 27.8 Å². The largest absolute Gasteiger partial charge is 0.351 e. The summed E-state index contributed by atoms with van der Waals surface area (Å²) in [6, 6.07) is 6.96. The summed E-state index contributed by atoms with van der Waals surface area (Å²) in [4.78, 5) is 23.9. The van der Waals surface area contributed by atoms with Crippen LogP contribution in [-0.2, 0) is 11.3 Å². The molecule has 1 aromatic heterocycles. The highest BCUT2D eigenvalue weighted by atomic mass is 32.2. The second kappa shape index (κ2) is 9.96. The minimum Gasteiger partial charge on any atom is -0.351 e. The zero-order valence-corrected chi connectivity index (χ0v) is 16.2. The Kier molecular flexibility index (Phi) is 7.65. The van der Waals surface area contributed by atoms with Crippen LogP contribution in [0.4, 0.5) is 5.69 Å². The Morgan fingerprint density at radius 1 is 1.23 bits per heavy atom. The summed E-state index contributed by atoms with van der Waals surface area (Å²) in [5, 5.41) is 14.8. The van der Waals surface area contributed by atoms with Gasteiger partial charge in [-0.3, -0.25) is 9.59 Å². The Labute approximate surface area is 158 Å². The van der Waals surface area contributed by atoms with Gasteiger partial charge < -0.3 is 15.2 Å². The van der Waals surface area contributed by atoms with E-state index in [1.165, 1.54) is 0 Å².